The number of benzene rings is 5. The van der Waals surface area contributed by atoms with E-state index >= 15 is 0 Å². The quantitative estimate of drug-likeness (QED) is 0.181. The number of rotatable bonds is 5. The van der Waals surface area contributed by atoms with Crippen LogP contribution >= 0.6 is 0 Å². The molecule has 9 rings (SSSR count). The molecule has 0 radical (unpaired) electrons. The van der Waals surface area contributed by atoms with Crippen LogP contribution in [0.15, 0.2) is 146 Å². The van der Waals surface area contributed by atoms with Crippen molar-refractivity contribution >= 4 is 43.6 Å². The van der Waals surface area contributed by atoms with Gasteiger partial charge in [-0.1, -0.05) is 96.1 Å². The van der Waals surface area contributed by atoms with Crippen molar-refractivity contribution in [1.82, 2.24) is 19.1 Å². The number of nitrogens with zero attached hydrogens (tertiary/aromatic N) is 4. The molecule has 0 aliphatic rings. The summed E-state index contributed by atoms with van der Waals surface area (Å²) in [6.07, 6.45) is 3.84. The number of ether oxygens (including phenoxy) is 1. The minimum absolute atomic E-state index is 0.0307. The molecule has 53 heavy (non-hydrogen) atoms. The van der Waals surface area contributed by atoms with Gasteiger partial charge in [0.05, 0.1) is 27.8 Å². The summed E-state index contributed by atoms with van der Waals surface area (Å²) in [5.41, 5.74) is 10.0. The second kappa shape index (κ2) is 12.2. The van der Waals surface area contributed by atoms with Crippen LogP contribution in [-0.2, 0) is 10.8 Å². The summed E-state index contributed by atoms with van der Waals surface area (Å²) in [7, 11) is 0. The van der Waals surface area contributed by atoms with Crippen LogP contribution in [-0.4, -0.2) is 19.1 Å². The van der Waals surface area contributed by atoms with Gasteiger partial charge in [0.1, 0.15) is 17.3 Å². The maximum absolute atomic E-state index is 6.67. The van der Waals surface area contributed by atoms with Crippen LogP contribution in [0.1, 0.15) is 52.7 Å². The zero-order valence-electron chi connectivity index (χ0n) is 31.1. The van der Waals surface area contributed by atoms with Gasteiger partial charge in [-0.3, -0.25) is 9.55 Å². The molecule has 0 saturated heterocycles. The first-order valence-electron chi connectivity index (χ1n) is 18.3. The number of para-hydroxylation sites is 2. The Morgan fingerprint density at radius 2 is 1.19 bits per heavy atom. The lowest BCUT2D eigenvalue weighted by Gasteiger charge is -2.20. The molecule has 5 nitrogen and oxygen atoms in total. The molecule has 0 aliphatic heterocycles. The van der Waals surface area contributed by atoms with Gasteiger partial charge in [-0.15, -0.1) is 0 Å². The minimum atomic E-state index is -0.0460. The Hall–Kier alpha value is -6.20. The van der Waals surface area contributed by atoms with Gasteiger partial charge in [0.25, 0.3) is 0 Å². The standard InChI is InChI=1S/C48H42N4O/c1-47(2,3)32-23-25-49-40(28-32)31-13-12-16-35(27-31)53-36-19-20-37-38-21-22-42-45(39-17-10-11-18-41(39)51(42)34-14-8-7-9-15-34)46(38)52(43(37)30-36)44-29-33(24-26-50-44)48(4,5)6/h7-30H,1-6H3. The van der Waals surface area contributed by atoms with Crippen molar-refractivity contribution in [2.24, 2.45) is 0 Å². The van der Waals surface area contributed by atoms with Gasteiger partial charge >= 0.3 is 0 Å². The van der Waals surface area contributed by atoms with Crippen LogP contribution in [0.5, 0.6) is 11.5 Å². The van der Waals surface area contributed by atoms with Crippen LogP contribution in [0.3, 0.4) is 0 Å². The Kier molecular flexibility index (Phi) is 7.53. The van der Waals surface area contributed by atoms with Crippen LogP contribution in [0.4, 0.5) is 0 Å². The first-order valence-corrected chi connectivity index (χ1v) is 18.3. The normalized spacial score (nSPS) is 12.3. The fourth-order valence-electron chi connectivity index (χ4n) is 7.61. The molecule has 5 heteroatoms. The Bertz CT molecular complexity index is 2830. The number of hydrogen-bond donors (Lipinski definition) is 0. The van der Waals surface area contributed by atoms with E-state index in [2.05, 4.69) is 172 Å². The molecule has 0 unspecified atom stereocenters. The predicted molar refractivity (Wildman–Crippen MR) is 220 cm³/mol. The van der Waals surface area contributed by atoms with Crippen molar-refractivity contribution in [3.05, 3.63) is 157 Å². The summed E-state index contributed by atoms with van der Waals surface area (Å²) in [4.78, 5) is 9.74. The molecule has 0 N–H and O–H groups in total. The fraction of sp³-hybridized carbons (Fsp3) is 0.167. The third kappa shape index (κ3) is 5.64. The van der Waals surface area contributed by atoms with Crippen molar-refractivity contribution in [3.63, 3.8) is 0 Å². The van der Waals surface area contributed by atoms with E-state index in [9.17, 15) is 0 Å². The van der Waals surface area contributed by atoms with Crippen LogP contribution < -0.4 is 4.74 Å². The summed E-state index contributed by atoms with van der Waals surface area (Å²) in [6.45, 7) is 13.4. The van der Waals surface area contributed by atoms with E-state index in [0.717, 1.165) is 56.2 Å². The molecule has 0 fully saturated rings. The van der Waals surface area contributed by atoms with Gasteiger partial charge in [0, 0.05) is 51.3 Å². The van der Waals surface area contributed by atoms with E-state index < -0.39 is 0 Å². The number of aromatic nitrogens is 4. The Morgan fingerprint density at radius 1 is 0.491 bits per heavy atom. The highest BCUT2D eigenvalue weighted by molar-refractivity contribution is 6.26. The molecule has 0 bridgehead atoms. The molecule has 0 atom stereocenters. The Balaban J connectivity index is 1.27. The average molecular weight is 691 g/mol. The van der Waals surface area contributed by atoms with E-state index in [-0.39, 0.29) is 10.8 Å². The summed E-state index contributed by atoms with van der Waals surface area (Å²) in [5.74, 6) is 2.39. The van der Waals surface area contributed by atoms with Crippen LogP contribution in [0, 0.1) is 0 Å². The molecule has 4 heterocycles. The van der Waals surface area contributed by atoms with Gasteiger partial charge in [0.2, 0.25) is 0 Å². The number of pyridine rings is 2. The van der Waals surface area contributed by atoms with Crippen LogP contribution in [0.25, 0.3) is 66.4 Å². The SMILES string of the molecule is CC(C)(C)c1ccnc(-c2cccc(Oc3ccc4c5ccc6c(c7ccccc7n6-c6ccccc6)c5n(-c5cc(C(C)(C)C)ccn5)c4c3)c2)c1. The summed E-state index contributed by atoms with van der Waals surface area (Å²) < 4.78 is 11.4. The second-order valence-corrected chi connectivity index (χ2v) is 16.0. The third-order valence-electron chi connectivity index (χ3n) is 10.4. The van der Waals surface area contributed by atoms with Crippen molar-refractivity contribution < 1.29 is 4.74 Å². The zero-order valence-corrected chi connectivity index (χ0v) is 31.1. The minimum Gasteiger partial charge on any atom is -0.457 e. The average Bonchev–Trinajstić information content (AvgIpc) is 3.67. The lowest BCUT2D eigenvalue weighted by Crippen LogP contribution is -2.12. The van der Waals surface area contributed by atoms with E-state index in [1.807, 2.05) is 24.5 Å². The molecule has 5 aromatic carbocycles. The summed E-state index contributed by atoms with van der Waals surface area (Å²) >= 11 is 0. The zero-order chi connectivity index (χ0) is 36.5. The topological polar surface area (TPSA) is 44.9 Å². The highest BCUT2D eigenvalue weighted by Gasteiger charge is 2.23. The fourth-order valence-corrected chi connectivity index (χ4v) is 7.61. The first kappa shape index (κ1) is 32.7. The molecule has 260 valence electrons. The molecule has 0 spiro atoms. The van der Waals surface area contributed by atoms with Crippen molar-refractivity contribution in [2.45, 2.75) is 52.4 Å². The van der Waals surface area contributed by atoms with E-state index in [1.165, 1.54) is 32.8 Å². The predicted octanol–water partition coefficient (Wildman–Crippen LogP) is 12.7. The molecule has 0 amide bonds. The Morgan fingerprint density at radius 3 is 1.98 bits per heavy atom. The summed E-state index contributed by atoms with van der Waals surface area (Å²) in [5, 5.41) is 4.71. The van der Waals surface area contributed by atoms with Gasteiger partial charge in [-0.25, -0.2) is 4.98 Å². The maximum Gasteiger partial charge on any atom is 0.137 e. The molecule has 0 aliphatic carbocycles. The highest BCUT2D eigenvalue weighted by Crippen LogP contribution is 2.43. The second-order valence-electron chi connectivity index (χ2n) is 16.0. The number of hydrogen-bond acceptors (Lipinski definition) is 3. The molecule has 0 saturated carbocycles. The van der Waals surface area contributed by atoms with Crippen LogP contribution in [0.2, 0.25) is 0 Å². The van der Waals surface area contributed by atoms with Gasteiger partial charge in [-0.2, -0.15) is 0 Å². The van der Waals surface area contributed by atoms with E-state index in [0.29, 0.717) is 0 Å². The highest BCUT2D eigenvalue weighted by atomic mass is 16.5. The van der Waals surface area contributed by atoms with Gasteiger partial charge in [0.15, 0.2) is 0 Å². The monoisotopic (exact) mass is 690 g/mol. The lowest BCUT2D eigenvalue weighted by molar-refractivity contribution is 0.483. The molecular weight excluding hydrogens is 649 g/mol. The third-order valence-corrected chi connectivity index (χ3v) is 10.4. The Labute approximate surface area is 310 Å². The lowest BCUT2D eigenvalue weighted by atomic mass is 9.87. The summed E-state index contributed by atoms with van der Waals surface area (Å²) in [6, 6.07) is 47.2. The van der Waals surface area contributed by atoms with Crippen molar-refractivity contribution in [3.8, 4) is 34.3 Å². The molecular formula is C48H42N4O. The smallest absolute Gasteiger partial charge is 0.137 e. The number of fused-ring (bicyclic) bond motifs is 7. The molecule has 4 aromatic heterocycles. The van der Waals surface area contributed by atoms with E-state index in [4.69, 9.17) is 14.7 Å². The largest absolute Gasteiger partial charge is 0.457 e. The molecule has 9 aromatic rings. The van der Waals surface area contributed by atoms with Crippen molar-refractivity contribution in [2.75, 3.05) is 0 Å². The van der Waals surface area contributed by atoms with E-state index in [1.54, 1.807) is 0 Å². The first-order chi connectivity index (χ1) is 25.5. The maximum atomic E-state index is 6.67. The van der Waals surface area contributed by atoms with Crippen molar-refractivity contribution in [1.29, 1.82) is 0 Å². The van der Waals surface area contributed by atoms with Gasteiger partial charge in [-0.05, 0) is 94.8 Å². The van der Waals surface area contributed by atoms with Gasteiger partial charge < -0.3 is 9.30 Å².